The molecule has 0 aromatic carbocycles. The third kappa shape index (κ3) is 3.21. The van der Waals surface area contributed by atoms with Gasteiger partial charge in [0.1, 0.15) is 11.9 Å². The van der Waals surface area contributed by atoms with E-state index in [-0.39, 0.29) is 6.10 Å². The van der Waals surface area contributed by atoms with Crippen molar-refractivity contribution in [1.29, 1.82) is 5.26 Å². The molecule has 0 radical (unpaired) electrons. The summed E-state index contributed by atoms with van der Waals surface area (Å²) in [6, 6.07) is 3.98. The van der Waals surface area contributed by atoms with Crippen LogP contribution in [0.5, 0.6) is 0 Å². The molecule has 1 N–H and O–H groups in total. The van der Waals surface area contributed by atoms with Crippen molar-refractivity contribution in [3.8, 4) is 6.07 Å². The standard InChI is InChI=1S/C12H17N3O/c1-4-16-10(3)8-15-12-11(7-13)9(2)5-6-14-12/h5-6,10H,4,8H2,1-3H3,(H,14,15). The van der Waals surface area contributed by atoms with E-state index in [1.54, 1.807) is 6.20 Å². The molecule has 4 nitrogen and oxygen atoms in total. The Morgan fingerprint density at radius 2 is 2.38 bits per heavy atom. The third-order valence-corrected chi connectivity index (χ3v) is 2.28. The molecule has 0 fully saturated rings. The van der Waals surface area contributed by atoms with Crippen molar-refractivity contribution in [2.75, 3.05) is 18.5 Å². The Balaban J connectivity index is 2.67. The lowest BCUT2D eigenvalue weighted by atomic mass is 10.1. The van der Waals surface area contributed by atoms with Crippen LogP contribution >= 0.6 is 0 Å². The average molecular weight is 219 g/mol. The molecule has 1 aromatic heterocycles. The van der Waals surface area contributed by atoms with E-state index in [2.05, 4.69) is 16.4 Å². The van der Waals surface area contributed by atoms with Crippen molar-refractivity contribution < 1.29 is 4.74 Å². The molecule has 1 unspecified atom stereocenters. The summed E-state index contributed by atoms with van der Waals surface area (Å²) in [6.45, 7) is 7.19. The van der Waals surface area contributed by atoms with Gasteiger partial charge in [0, 0.05) is 19.3 Å². The quantitative estimate of drug-likeness (QED) is 0.824. The SMILES string of the molecule is CCOC(C)CNc1nccc(C)c1C#N. The summed E-state index contributed by atoms with van der Waals surface area (Å²) in [7, 11) is 0. The van der Waals surface area contributed by atoms with Gasteiger partial charge in [-0.2, -0.15) is 5.26 Å². The molecule has 1 rings (SSSR count). The molecule has 0 bridgehead atoms. The van der Waals surface area contributed by atoms with Crippen LogP contribution in [0.2, 0.25) is 0 Å². The van der Waals surface area contributed by atoms with Crippen LogP contribution in [0.15, 0.2) is 12.3 Å². The van der Waals surface area contributed by atoms with Crippen LogP contribution < -0.4 is 5.32 Å². The molecule has 0 aliphatic rings. The van der Waals surface area contributed by atoms with Gasteiger partial charge in [0.2, 0.25) is 0 Å². The molecule has 1 aromatic rings. The second-order valence-electron chi connectivity index (χ2n) is 3.61. The van der Waals surface area contributed by atoms with Gasteiger partial charge in [-0.15, -0.1) is 0 Å². The van der Waals surface area contributed by atoms with Gasteiger partial charge < -0.3 is 10.1 Å². The molecule has 0 spiro atoms. The zero-order valence-corrected chi connectivity index (χ0v) is 9.95. The summed E-state index contributed by atoms with van der Waals surface area (Å²) < 4.78 is 5.39. The molecule has 86 valence electrons. The van der Waals surface area contributed by atoms with E-state index in [0.29, 0.717) is 24.5 Å². The minimum absolute atomic E-state index is 0.110. The van der Waals surface area contributed by atoms with Crippen molar-refractivity contribution >= 4 is 5.82 Å². The zero-order valence-electron chi connectivity index (χ0n) is 9.95. The van der Waals surface area contributed by atoms with Gasteiger partial charge in [-0.3, -0.25) is 0 Å². The topological polar surface area (TPSA) is 57.9 Å². The van der Waals surface area contributed by atoms with Crippen molar-refractivity contribution in [2.24, 2.45) is 0 Å². The summed E-state index contributed by atoms with van der Waals surface area (Å²) >= 11 is 0. The second-order valence-corrected chi connectivity index (χ2v) is 3.61. The maximum Gasteiger partial charge on any atom is 0.144 e. The summed E-state index contributed by atoms with van der Waals surface area (Å²) in [4.78, 5) is 4.15. The molecule has 0 aliphatic carbocycles. The zero-order chi connectivity index (χ0) is 12.0. The number of anilines is 1. The lowest BCUT2D eigenvalue weighted by molar-refractivity contribution is 0.0855. The van der Waals surface area contributed by atoms with Crippen LogP contribution in [0.1, 0.15) is 25.0 Å². The fourth-order valence-corrected chi connectivity index (χ4v) is 1.42. The van der Waals surface area contributed by atoms with E-state index in [0.717, 1.165) is 5.56 Å². The molecule has 4 heteroatoms. The Morgan fingerprint density at radius 1 is 1.62 bits per heavy atom. The van der Waals surface area contributed by atoms with E-state index in [9.17, 15) is 0 Å². The molecule has 16 heavy (non-hydrogen) atoms. The average Bonchev–Trinajstić information content (AvgIpc) is 2.27. The van der Waals surface area contributed by atoms with Crippen molar-refractivity contribution in [2.45, 2.75) is 26.9 Å². The normalized spacial score (nSPS) is 11.9. The maximum atomic E-state index is 9.01. The van der Waals surface area contributed by atoms with Gasteiger partial charge in [0.15, 0.2) is 0 Å². The number of aromatic nitrogens is 1. The highest BCUT2D eigenvalue weighted by Gasteiger charge is 2.07. The Kier molecular flexibility index (Phi) is 4.74. The fraction of sp³-hybridized carbons (Fsp3) is 0.500. The molecule has 0 amide bonds. The van der Waals surface area contributed by atoms with E-state index < -0.39 is 0 Å². The van der Waals surface area contributed by atoms with Gasteiger partial charge in [-0.25, -0.2) is 4.98 Å². The first kappa shape index (κ1) is 12.5. The van der Waals surface area contributed by atoms with Crippen LogP contribution in [-0.2, 0) is 4.74 Å². The second kappa shape index (κ2) is 6.09. The lowest BCUT2D eigenvalue weighted by Gasteiger charge is -2.14. The van der Waals surface area contributed by atoms with Crippen LogP contribution in [0.4, 0.5) is 5.82 Å². The predicted octanol–water partition coefficient (Wildman–Crippen LogP) is 2.10. The number of hydrogen-bond donors (Lipinski definition) is 1. The lowest BCUT2D eigenvalue weighted by Crippen LogP contribution is -2.20. The van der Waals surface area contributed by atoms with Crippen molar-refractivity contribution in [1.82, 2.24) is 4.98 Å². The number of hydrogen-bond acceptors (Lipinski definition) is 4. The Labute approximate surface area is 96.3 Å². The number of ether oxygens (including phenoxy) is 1. The van der Waals surface area contributed by atoms with Crippen molar-refractivity contribution in [3.05, 3.63) is 23.4 Å². The first-order valence-corrected chi connectivity index (χ1v) is 5.40. The molecule has 0 saturated heterocycles. The van der Waals surface area contributed by atoms with Crippen LogP contribution in [0.3, 0.4) is 0 Å². The molecule has 1 heterocycles. The molecular formula is C12H17N3O. The third-order valence-electron chi connectivity index (χ3n) is 2.28. The highest BCUT2D eigenvalue weighted by Crippen LogP contribution is 2.14. The monoisotopic (exact) mass is 219 g/mol. The van der Waals surface area contributed by atoms with Gasteiger partial charge in [-0.1, -0.05) is 0 Å². The highest BCUT2D eigenvalue weighted by atomic mass is 16.5. The van der Waals surface area contributed by atoms with Gasteiger partial charge >= 0.3 is 0 Å². The highest BCUT2D eigenvalue weighted by molar-refractivity contribution is 5.55. The van der Waals surface area contributed by atoms with Crippen molar-refractivity contribution in [3.63, 3.8) is 0 Å². The van der Waals surface area contributed by atoms with E-state index in [4.69, 9.17) is 10.00 Å². The number of aryl methyl sites for hydroxylation is 1. The molecule has 0 aliphatic heterocycles. The van der Waals surface area contributed by atoms with E-state index >= 15 is 0 Å². The Morgan fingerprint density at radius 3 is 3.00 bits per heavy atom. The van der Waals surface area contributed by atoms with Crippen LogP contribution in [0, 0.1) is 18.3 Å². The summed E-state index contributed by atoms with van der Waals surface area (Å²) in [5.41, 5.74) is 1.54. The smallest absolute Gasteiger partial charge is 0.144 e. The first-order valence-electron chi connectivity index (χ1n) is 5.40. The fourth-order valence-electron chi connectivity index (χ4n) is 1.42. The predicted molar refractivity (Wildman–Crippen MR) is 63.3 cm³/mol. The first-order chi connectivity index (χ1) is 7.69. The molecule has 1 atom stereocenters. The number of rotatable bonds is 5. The summed E-state index contributed by atoms with van der Waals surface area (Å²) in [6.07, 6.45) is 1.81. The molecular weight excluding hydrogens is 202 g/mol. The Bertz CT molecular complexity index is 384. The summed E-state index contributed by atoms with van der Waals surface area (Å²) in [5.74, 6) is 0.633. The number of pyridine rings is 1. The van der Waals surface area contributed by atoms with Gasteiger partial charge in [0.05, 0.1) is 11.7 Å². The largest absolute Gasteiger partial charge is 0.377 e. The van der Waals surface area contributed by atoms with E-state index in [1.807, 2.05) is 26.8 Å². The minimum atomic E-state index is 0.110. The Hall–Kier alpha value is -1.60. The summed E-state index contributed by atoms with van der Waals surface area (Å²) in [5, 5.41) is 12.1. The number of nitriles is 1. The van der Waals surface area contributed by atoms with Crippen LogP contribution in [0.25, 0.3) is 0 Å². The number of nitrogens with one attached hydrogen (secondary N) is 1. The minimum Gasteiger partial charge on any atom is -0.377 e. The molecule has 0 saturated carbocycles. The van der Waals surface area contributed by atoms with Gasteiger partial charge in [0.25, 0.3) is 0 Å². The van der Waals surface area contributed by atoms with E-state index in [1.165, 1.54) is 0 Å². The maximum absolute atomic E-state index is 9.01. The number of nitrogens with zero attached hydrogens (tertiary/aromatic N) is 2. The van der Waals surface area contributed by atoms with Gasteiger partial charge in [-0.05, 0) is 32.4 Å². The van der Waals surface area contributed by atoms with Crippen LogP contribution in [-0.4, -0.2) is 24.2 Å².